The quantitative estimate of drug-likeness (QED) is 0.856. The van der Waals surface area contributed by atoms with Crippen LogP contribution in [-0.2, 0) is 16.1 Å². The fourth-order valence-electron chi connectivity index (χ4n) is 2.52. The van der Waals surface area contributed by atoms with Crippen LogP contribution in [0.15, 0.2) is 24.3 Å². The minimum atomic E-state index is -0.0728. The van der Waals surface area contributed by atoms with Gasteiger partial charge in [0.1, 0.15) is 0 Å². The minimum absolute atomic E-state index is 0.0728. The van der Waals surface area contributed by atoms with Crippen LogP contribution in [-0.4, -0.2) is 17.9 Å². The Balaban J connectivity index is 1.71. The summed E-state index contributed by atoms with van der Waals surface area (Å²) in [6, 6.07) is 8.44. The fraction of sp³-hybridized carbons (Fsp3) is 0.500. The van der Waals surface area contributed by atoms with Gasteiger partial charge in [0.25, 0.3) is 0 Å². The van der Waals surface area contributed by atoms with Gasteiger partial charge in [-0.1, -0.05) is 12.1 Å². The maximum Gasteiger partial charge on any atom is 0.233 e. The van der Waals surface area contributed by atoms with Crippen LogP contribution in [0.3, 0.4) is 0 Å². The molecular formula is C16H20N2O2. The molecule has 1 aliphatic heterocycles. The molecule has 0 atom stereocenters. The molecule has 1 N–H and O–H groups in total. The normalized spacial score (nSPS) is 20.1. The third kappa shape index (κ3) is 3.07. The summed E-state index contributed by atoms with van der Waals surface area (Å²) < 4.78 is 0. The first-order valence-electron chi connectivity index (χ1n) is 7.42. The summed E-state index contributed by atoms with van der Waals surface area (Å²) in [6.07, 6.45) is 5.10. The lowest BCUT2D eigenvalue weighted by Gasteiger charge is -2.19. The van der Waals surface area contributed by atoms with Gasteiger partial charge in [-0.25, -0.2) is 0 Å². The molecule has 1 aromatic carbocycles. The lowest BCUT2D eigenvalue weighted by Crippen LogP contribution is -2.35. The molecule has 0 unspecified atom stereocenters. The van der Waals surface area contributed by atoms with Crippen LogP contribution in [0.5, 0.6) is 0 Å². The topological polar surface area (TPSA) is 49.4 Å². The number of carbonyl (C=O) groups excluding carboxylic acids is 2. The van der Waals surface area contributed by atoms with Gasteiger partial charge >= 0.3 is 0 Å². The Morgan fingerprint density at radius 1 is 1.00 bits per heavy atom. The molecule has 0 aromatic heterocycles. The number of hydrogen-bond acceptors (Lipinski definition) is 3. The van der Waals surface area contributed by atoms with Crippen LogP contribution in [0.2, 0.25) is 0 Å². The molecular weight excluding hydrogens is 252 g/mol. The van der Waals surface area contributed by atoms with Gasteiger partial charge in [0.15, 0.2) is 0 Å². The second-order valence-corrected chi connectivity index (χ2v) is 5.65. The van der Waals surface area contributed by atoms with E-state index in [1.165, 1.54) is 23.3 Å². The molecule has 4 nitrogen and oxygen atoms in total. The van der Waals surface area contributed by atoms with Crippen molar-refractivity contribution in [3.63, 3.8) is 0 Å². The van der Waals surface area contributed by atoms with Crippen molar-refractivity contribution >= 4 is 17.5 Å². The van der Waals surface area contributed by atoms with E-state index in [0.717, 1.165) is 19.4 Å². The largest absolute Gasteiger partial charge is 0.310 e. The summed E-state index contributed by atoms with van der Waals surface area (Å²) in [4.78, 5) is 25.4. The first-order chi connectivity index (χ1) is 9.74. The van der Waals surface area contributed by atoms with Gasteiger partial charge in [-0.3, -0.25) is 14.5 Å². The van der Waals surface area contributed by atoms with Gasteiger partial charge in [0.05, 0.1) is 5.69 Å². The van der Waals surface area contributed by atoms with E-state index in [4.69, 9.17) is 0 Å². The third-order valence-electron chi connectivity index (χ3n) is 3.90. The van der Waals surface area contributed by atoms with Crippen molar-refractivity contribution in [2.24, 2.45) is 0 Å². The monoisotopic (exact) mass is 272 g/mol. The summed E-state index contributed by atoms with van der Waals surface area (Å²) in [5.74, 6) is -0.146. The SMILES string of the molecule is O=C1CCCCC(=O)N1c1ccc(CNC2CC2)cc1. The molecule has 2 aliphatic rings. The first kappa shape index (κ1) is 13.3. The molecule has 4 heteroatoms. The van der Waals surface area contributed by atoms with Gasteiger partial charge in [-0.2, -0.15) is 0 Å². The molecule has 2 fully saturated rings. The molecule has 0 spiro atoms. The molecule has 20 heavy (non-hydrogen) atoms. The van der Waals surface area contributed by atoms with E-state index in [1.807, 2.05) is 24.3 Å². The maximum atomic E-state index is 12.0. The van der Waals surface area contributed by atoms with Crippen molar-refractivity contribution in [3.8, 4) is 0 Å². The molecule has 3 rings (SSSR count). The average Bonchev–Trinajstić information content (AvgIpc) is 3.27. The molecule has 1 saturated heterocycles. The minimum Gasteiger partial charge on any atom is -0.310 e. The number of imide groups is 1. The number of rotatable bonds is 4. The van der Waals surface area contributed by atoms with E-state index in [1.54, 1.807) is 0 Å². The van der Waals surface area contributed by atoms with E-state index in [-0.39, 0.29) is 11.8 Å². The first-order valence-corrected chi connectivity index (χ1v) is 7.42. The zero-order valence-electron chi connectivity index (χ0n) is 11.6. The highest BCUT2D eigenvalue weighted by Gasteiger charge is 2.25. The predicted octanol–water partition coefficient (Wildman–Crippen LogP) is 2.37. The van der Waals surface area contributed by atoms with E-state index < -0.39 is 0 Å². The highest BCUT2D eigenvalue weighted by atomic mass is 16.2. The van der Waals surface area contributed by atoms with Crippen LogP contribution >= 0.6 is 0 Å². The fourth-order valence-corrected chi connectivity index (χ4v) is 2.52. The van der Waals surface area contributed by atoms with Crippen molar-refractivity contribution in [1.82, 2.24) is 5.32 Å². The van der Waals surface area contributed by atoms with Crippen molar-refractivity contribution in [3.05, 3.63) is 29.8 Å². The summed E-state index contributed by atoms with van der Waals surface area (Å²) >= 11 is 0. The zero-order chi connectivity index (χ0) is 13.9. The Morgan fingerprint density at radius 2 is 1.60 bits per heavy atom. The number of hydrogen-bond donors (Lipinski definition) is 1. The van der Waals surface area contributed by atoms with Crippen molar-refractivity contribution in [2.75, 3.05) is 4.90 Å². The van der Waals surface area contributed by atoms with Gasteiger partial charge in [0.2, 0.25) is 11.8 Å². The molecule has 1 aromatic rings. The zero-order valence-corrected chi connectivity index (χ0v) is 11.6. The van der Waals surface area contributed by atoms with Crippen LogP contribution in [0.25, 0.3) is 0 Å². The number of nitrogens with one attached hydrogen (secondary N) is 1. The lowest BCUT2D eigenvalue weighted by atomic mass is 10.2. The molecule has 0 bridgehead atoms. The van der Waals surface area contributed by atoms with Gasteiger partial charge in [-0.05, 0) is 43.4 Å². The molecule has 106 valence electrons. The Kier molecular flexibility index (Phi) is 3.83. The van der Waals surface area contributed by atoms with Crippen LogP contribution < -0.4 is 10.2 Å². The Hall–Kier alpha value is -1.68. The summed E-state index contributed by atoms with van der Waals surface area (Å²) in [7, 11) is 0. The maximum absolute atomic E-state index is 12.0. The summed E-state index contributed by atoms with van der Waals surface area (Å²) in [5, 5.41) is 3.45. The van der Waals surface area contributed by atoms with Crippen LogP contribution in [0, 0.1) is 0 Å². The predicted molar refractivity (Wildman–Crippen MR) is 77.3 cm³/mol. The smallest absolute Gasteiger partial charge is 0.233 e. The van der Waals surface area contributed by atoms with E-state index in [2.05, 4.69) is 5.32 Å². The Morgan fingerprint density at radius 3 is 2.15 bits per heavy atom. The summed E-state index contributed by atoms with van der Waals surface area (Å²) in [5.41, 5.74) is 1.90. The van der Waals surface area contributed by atoms with Gasteiger partial charge in [0, 0.05) is 25.4 Å². The Bertz CT molecular complexity index is 488. The molecule has 1 heterocycles. The molecule has 1 aliphatic carbocycles. The standard InChI is InChI=1S/C16H20N2O2/c19-15-3-1-2-4-16(20)18(15)14-9-5-12(6-10-14)11-17-13-7-8-13/h5-6,9-10,13,17H,1-4,7-8,11H2. The van der Waals surface area contributed by atoms with Crippen molar-refractivity contribution in [1.29, 1.82) is 0 Å². The van der Waals surface area contributed by atoms with Gasteiger partial charge < -0.3 is 5.32 Å². The number of nitrogens with zero attached hydrogens (tertiary/aromatic N) is 1. The lowest BCUT2D eigenvalue weighted by molar-refractivity contribution is -0.125. The third-order valence-corrected chi connectivity index (χ3v) is 3.90. The van der Waals surface area contributed by atoms with E-state index in [9.17, 15) is 9.59 Å². The highest BCUT2D eigenvalue weighted by molar-refractivity contribution is 6.15. The molecule has 1 saturated carbocycles. The number of carbonyl (C=O) groups is 2. The summed E-state index contributed by atoms with van der Waals surface area (Å²) in [6.45, 7) is 0.854. The number of amides is 2. The number of anilines is 1. The van der Waals surface area contributed by atoms with Crippen molar-refractivity contribution < 1.29 is 9.59 Å². The van der Waals surface area contributed by atoms with E-state index in [0.29, 0.717) is 24.6 Å². The second-order valence-electron chi connectivity index (χ2n) is 5.65. The second kappa shape index (κ2) is 5.75. The highest BCUT2D eigenvalue weighted by Crippen LogP contribution is 2.23. The molecule has 0 radical (unpaired) electrons. The van der Waals surface area contributed by atoms with Crippen LogP contribution in [0.1, 0.15) is 44.1 Å². The Labute approximate surface area is 119 Å². The number of benzene rings is 1. The van der Waals surface area contributed by atoms with Gasteiger partial charge in [-0.15, -0.1) is 0 Å². The van der Waals surface area contributed by atoms with Crippen molar-refractivity contribution in [2.45, 2.75) is 51.1 Å². The average molecular weight is 272 g/mol. The van der Waals surface area contributed by atoms with E-state index >= 15 is 0 Å². The molecule has 2 amide bonds. The van der Waals surface area contributed by atoms with Crippen LogP contribution in [0.4, 0.5) is 5.69 Å².